The number of piperidine rings is 1. The second-order valence-electron chi connectivity index (χ2n) is 7.33. The summed E-state index contributed by atoms with van der Waals surface area (Å²) in [7, 11) is 0. The molecule has 0 aliphatic carbocycles. The largest absolute Gasteiger partial charge is 0.337 e. The summed E-state index contributed by atoms with van der Waals surface area (Å²) in [5.41, 5.74) is 3.95. The second kappa shape index (κ2) is 7.84. The fraction of sp³-hybridized carbons (Fsp3) is 0.318. The third kappa shape index (κ3) is 3.91. The predicted molar refractivity (Wildman–Crippen MR) is 108 cm³/mol. The van der Waals surface area contributed by atoms with Crippen molar-refractivity contribution in [3.8, 4) is 11.4 Å². The molecular formula is C22H24N4O2. The van der Waals surface area contributed by atoms with Gasteiger partial charge < -0.3 is 14.7 Å². The molecule has 2 amide bonds. The maximum absolute atomic E-state index is 12.9. The lowest BCUT2D eigenvalue weighted by atomic mass is 10.0. The molecule has 4 rings (SSSR count). The van der Waals surface area contributed by atoms with Crippen molar-refractivity contribution in [1.29, 1.82) is 0 Å². The molecule has 28 heavy (non-hydrogen) atoms. The third-order valence-electron chi connectivity index (χ3n) is 5.04. The van der Waals surface area contributed by atoms with E-state index in [1.54, 1.807) is 4.90 Å². The van der Waals surface area contributed by atoms with Crippen molar-refractivity contribution in [2.45, 2.75) is 39.2 Å². The maximum atomic E-state index is 12.9. The smallest absolute Gasteiger partial charge is 0.322 e. The molecule has 6 nitrogen and oxygen atoms in total. The van der Waals surface area contributed by atoms with E-state index in [1.807, 2.05) is 62.4 Å². The van der Waals surface area contributed by atoms with E-state index in [2.05, 4.69) is 15.5 Å². The van der Waals surface area contributed by atoms with Gasteiger partial charge in [0, 0.05) is 17.8 Å². The van der Waals surface area contributed by atoms with Crippen LogP contribution in [0.15, 0.2) is 53.1 Å². The zero-order chi connectivity index (χ0) is 19.5. The molecule has 1 N–H and O–H groups in total. The summed E-state index contributed by atoms with van der Waals surface area (Å²) >= 11 is 0. The van der Waals surface area contributed by atoms with Crippen LogP contribution in [0.1, 0.15) is 42.3 Å². The number of nitrogens with one attached hydrogen (secondary N) is 1. The standard InChI is InChI=1S/C22H24N4O2/c1-15-7-5-9-17(13-15)20-24-21(28-25-20)19-11-3-4-12-26(19)22(27)23-18-10-6-8-16(2)14-18/h5-10,13-14,19H,3-4,11-12H2,1-2H3,(H,23,27)/t19-/m0/s1. The first-order valence-corrected chi connectivity index (χ1v) is 9.65. The lowest BCUT2D eigenvalue weighted by Gasteiger charge is -2.33. The minimum absolute atomic E-state index is 0.134. The highest BCUT2D eigenvalue weighted by molar-refractivity contribution is 5.89. The quantitative estimate of drug-likeness (QED) is 0.689. The number of hydrogen-bond donors (Lipinski definition) is 1. The van der Waals surface area contributed by atoms with E-state index in [9.17, 15) is 4.79 Å². The lowest BCUT2D eigenvalue weighted by molar-refractivity contribution is 0.142. The molecule has 0 saturated carbocycles. The molecule has 0 radical (unpaired) electrons. The first kappa shape index (κ1) is 18.2. The number of carbonyl (C=O) groups excluding carboxylic acids is 1. The number of likely N-dealkylation sites (tertiary alicyclic amines) is 1. The lowest BCUT2D eigenvalue weighted by Crippen LogP contribution is -2.41. The Balaban J connectivity index is 1.55. The zero-order valence-corrected chi connectivity index (χ0v) is 16.2. The van der Waals surface area contributed by atoms with Crippen molar-refractivity contribution >= 4 is 11.7 Å². The van der Waals surface area contributed by atoms with E-state index < -0.39 is 0 Å². The topological polar surface area (TPSA) is 71.3 Å². The van der Waals surface area contributed by atoms with Crippen LogP contribution in [0.25, 0.3) is 11.4 Å². The number of rotatable bonds is 3. The van der Waals surface area contributed by atoms with Gasteiger partial charge in [-0.1, -0.05) is 41.1 Å². The Morgan fingerprint density at radius 3 is 2.68 bits per heavy atom. The van der Waals surface area contributed by atoms with Crippen molar-refractivity contribution in [3.05, 3.63) is 65.5 Å². The van der Waals surface area contributed by atoms with Crippen molar-refractivity contribution in [2.24, 2.45) is 0 Å². The van der Waals surface area contributed by atoms with Gasteiger partial charge in [-0.3, -0.25) is 0 Å². The first-order chi connectivity index (χ1) is 13.6. The van der Waals surface area contributed by atoms with E-state index in [-0.39, 0.29) is 12.1 Å². The van der Waals surface area contributed by atoms with Crippen LogP contribution in [0, 0.1) is 13.8 Å². The summed E-state index contributed by atoms with van der Waals surface area (Å²) in [5, 5.41) is 7.14. The average Bonchev–Trinajstić information content (AvgIpc) is 3.18. The number of benzene rings is 2. The van der Waals surface area contributed by atoms with Gasteiger partial charge in [0.15, 0.2) is 0 Å². The summed E-state index contributed by atoms with van der Waals surface area (Å²) in [6.07, 6.45) is 2.81. The molecule has 2 aromatic carbocycles. The molecule has 0 bridgehead atoms. The maximum Gasteiger partial charge on any atom is 0.322 e. The van der Waals surface area contributed by atoms with Gasteiger partial charge in [-0.05, 0) is 56.9 Å². The Bertz CT molecular complexity index is 982. The highest BCUT2D eigenvalue weighted by atomic mass is 16.5. The highest BCUT2D eigenvalue weighted by Crippen LogP contribution is 2.31. The Kier molecular flexibility index (Phi) is 5.10. The summed E-state index contributed by atoms with van der Waals surface area (Å²) in [5.74, 6) is 1.05. The number of aryl methyl sites for hydroxylation is 2. The van der Waals surface area contributed by atoms with Gasteiger partial charge in [-0.2, -0.15) is 4.98 Å². The first-order valence-electron chi connectivity index (χ1n) is 9.65. The van der Waals surface area contributed by atoms with E-state index in [0.29, 0.717) is 18.3 Å². The fourth-order valence-electron chi connectivity index (χ4n) is 3.62. The predicted octanol–water partition coefficient (Wildman–Crippen LogP) is 5.11. The molecule has 6 heteroatoms. The van der Waals surface area contributed by atoms with E-state index >= 15 is 0 Å². The van der Waals surface area contributed by atoms with Gasteiger partial charge in [0.25, 0.3) is 0 Å². The molecule has 0 unspecified atom stereocenters. The number of aromatic nitrogens is 2. The number of amides is 2. The number of carbonyl (C=O) groups is 1. The van der Waals surface area contributed by atoms with Crippen LogP contribution in [0.2, 0.25) is 0 Å². The normalized spacial score (nSPS) is 16.8. The summed E-state index contributed by atoms with van der Waals surface area (Å²) < 4.78 is 5.57. The number of hydrogen-bond acceptors (Lipinski definition) is 4. The molecule has 1 saturated heterocycles. The molecule has 144 valence electrons. The Labute approximate surface area is 164 Å². The van der Waals surface area contributed by atoms with Gasteiger partial charge in [-0.25, -0.2) is 4.79 Å². The van der Waals surface area contributed by atoms with Crippen LogP contribution in [0.4, 0.5) is 10.5 Å². The SMILES string of the molecule is Cc1cccc(NC(=O)N2CCCC[C@H]2c2nc(-c3cccc(C)c3)no2)c1. The molecular weight excluding hydrogens is 352 g/mol. The van der Waals surface area contributed by atoms with Crippen LogP contribution in [-0.4, -0.2) is 27.6 Å². The third-order valence-corrected chi connectivity index (χ3v) is 5.04. The second-order valence-corrected chi connectivity index (χ2v) is 7.33. The fourth-order valence-corrected chi connectivity index (χ4v) is 3.62. The highest BCUT2D eigenvalue weighted by Gasteiger charge is 2.32. The monoisotopic (exact) mass is 376 g/mol. The molecule has 1 fully saturated rings. The van der Waals surface area contributed by atoms with Crippen LogP contribution >= 0.6 is 0 Å². The van der Waals surface area contributed by atoms with Crippen LogP contribution in [0.5, 0.6) is 0 Å². The Hall–Kier alpha value is -3.15. The van der Waals surface area contributed by atoms with Crippen LogP contribution < -0.4 is 5.32 Å². The van der Waals surface area contributed by atoms with Gasteiger partial charge in [0.05, 0.1) is 0 Å². The number of urea groups is 1. The summed E-state index contributed by atoms with van der Waals surface area (Å²) in [4.78, 5) is 19.3. The zero-order valence-electron chi connectivity index (χ0n) is 16.2. The van der Waals surface area contributed by atoms with E-state index in [4.69, 9.17) is 4.52 Å². The summed E-state index contributed by atoms with van der Waals surface area (Å²) in [6.45, 7) is 4.71. The van der Waals surface area contributed by atoms with Gasteiger partial charge >= 0.3 is 6.03 Å². The number of anilines is 1. The average molecular weight is 376 g/mol. The molecule has 1 aromatic heterocycles. The Morgan fingerprint density at radius 1 is 1.11 bits per heavy atom. The van der Waals surface area contributed by atoms with Crippen LogP contribution in [0.3, 0.4) is 0 Å². The van der Waals surface area contributed by atoms with Crippen molar-refractivity contribution in [1.82, 2.24) is 15.0 Å². The van der Waals surface area contributed by atoms with Gasteiger partial charge in [0.2, 0.25) is 11.7 Å². The molecule has 3 aromatic rings. The minimum Gasteiger partial charge on any atom is -0.337 e. The number of nitrogens with zero attached hydrogens (tertiary/aromatic N) is 3. The van der Waals surface area contributed by atoms with Gasteiger partial charge in [-0.15, -0.1) is 0 Å². The van der Waals surface area contributed by atoms with Crippen molar-refractivity contribution in [3.63, 3.8) is 0 Å². The van der Waals surface area contributed by atoms with Crippen LogP contribution in [-0.2, 0) is 0 Å². The molecule has 0 spiro atoms. The van der Waals surface area contributed by atoms with Crippen molar-refractivity contribution in [2.75, 3.05) is 11.9 Å². The Morgan fingerprint density at radius 2 is 1.89 bits per heavy atom. The molecule has 1 aliphatic heterocycles. The minimum atomic E-state index is -0.204. The van der Waals surface area contributed by atoms with E-state index in [0.717, 1.165) is 41.6 Å². The molecule has 1 atom stereocenters. The van der Waals surface area contributed by atoms with E-state index in [1.165, 1.54) is 0 Å². The van der Waals surface area contributed by atoms with Gasteiger partial charge in [0.1, 0.15) is 6.04 Å². The molecule has 2 heterocycles. The summed E-state index contributed by atoms with van der Waals surface area (Å²) in [6, 6.07) is 15.4. The van der Waals surface area contributed by atoms with Crippen molar-refractivity contribution < 1.29 is 9.32 Å². The molecule has 1 aliphatic rings.